The monoisotopic (exact) mass is 393 g/mol. The molecular formula is C19H23NO6S. The molecule has 2 rings (SSSR count). The fourth-order valence-electron chi connectivity index (χ4n) is 2.69. The minimum Gasteiger partial charge on any atom is -0.497 e. The molecule has 0 saturated heterocycles. The maximum Gasteiger partial charge on any atom is 0.251 e. The second kappa shape index (κ2) is 8.06. The van der Waals surface area contributed by atoms with Crippen LogP contribution in [0.1, 0.15) is 13.3 Å². The summed E-state index contributed by atoms with van der Waals surface area (Å²) in [6.07, 6.45) is 2.41. The first-order valence-electron chi connectivity index (χ1n) is 8.31. The zero-order valence-electron chi connectivity index (χ0n) is 15.5. The van der Waals surface area contributed by atoms with Crippen molar-refractivity contribution in [2.45, 2.75) is 24.6 Å². The summed E-state index contributed by atoms with van der Waals surface area (Å²) >= 11 is 0. The van der Waals surface area contributed by atoms with Crippen molar-refractivity contribution in [2.75, 3.05) is 20.0 Å². The van der Waals surface area contributed by atoms with Crippen molar-refractivity contribution < 1.29 is 23.1 Å². The lowest BCUT2D eigenvalue weighted by atomic mass is 10.0. The van der Waals surface area contributed by atoms with Crippen LogP contribution in [0.3, 0.4) is 0 Å². The van der Waals surface area contributed by atoms with Crippen LogP contribution in [0.25, 0.3) is 11.1 Å². The summed E-state index contributed by atoms with van der Waals surface area (Å²) < 4.78 is 28.8. The molecule has 1 aromatic heterocycles. The number of carbonyl (C=O) groups excluding carboxylic acids is 1. The van der Waals surface area contributed by atoms with Crippen molar-refractivity contribution in [3.63, 3.8) is 0 Å². The number of benzene rings is 1. The van der Waals surface area contributed by atoms with Crippen LogP contribution in [0.15, 0.2) is 47.4 Å². The van der Waals surface area contributed by atoms with Crippen LogP contribution in [0.5, 0.6) is 5.75 Å². The first kappa shape index (κ1) is 20.9. The highest BCUT2D eigenvalue weighted by molar-refractivity contribution is 7.92. The molecule has 0 aliphatic carbocycles. The molecule has 0 amide bonds. The first-order chi connectivity index (χ1) is 12.6. The van der Waals surface area contributed by atoms with Gasteiger partial charge >= 0.3 is 0 Å². The Labute approximate surface area is 158 Å². The van der Waals surface area contributed by atoms with Gasteiger partial charge in [-0.3, -0.25) is 9.59 Å². The number of methoxy groups -OCH3 is 1. The average Bonchev–Trinajstić information content (AvgIpc) is 2.65. The van der Waals surface area contributed by atoms with Gasteiger partial charge in [-0.05, 0) is 42.7 Å². The number of ether oxygens (including phenoxy) is 1. The Kier molecular flexibility index (Phi) is 6.22. The normalized spacial score (nSPS) is 13.8. The number of hydrogen-bond donors (Lipinski definition) is 1. The Morgan fingerprint density at radius 3 is 2.30 bits per heavy atom. The van der Waals surface area contributed by atoms with Gasteiger partial charge in [0.2, 0.25) is 0 Å². The second-order valence-electron chi connectivity index (χ2n) is 6.51. The van der Waals surface area contributed by atoms with Gasteiger partial charge in [0.1, 0.15) is 17.1 Å². The van der Waals surface area contributed by atoms with Gasteiger partial charge in [0.25, 0.3) is 5.56 Å². The molecule has 0 aliphatic rings. The molecule has 2 aromatic rings. The zero-order chi connectivity index (χ0) is 20.2. The number of nitrogens with zero attached hydrogens (tertiary/aromatic N) is 1. The molecule has 1 unspecified atom stereocenters. The van der Waals surface area contributed by atoms with Gasteiger partial charge < -0.3 is 14.4 Å². The van der Waals surface area contributed by atoms with Gasteiger partial charge in [0.05, 0.1) is 7.11 Å². The van der Waals surface area contributed by atoms with Crippen molar-refractivity contribution in [1.82, 2.24) is 4.57 Å². The summed E-state index contributed by atoms with van der Waals surface area (Å²) in [6, 6.07) is 10.4. The van der Waals surface area contributed by atoms with E-state index in [1.807, 2.05) is 12.1 Å². The highest BCUT2D eigenvalue weighted by Gasteiger charge is 2.42. The lowest BCUT2D eigenvalue weighted by molar-refractivity contribution is -0.124. The number of pyridine rings is 1. The number of aryl methyl sites for hydroxylation is 1. The van der Waals surface area contributed by atoms with Crippen molar-refractivity contribution in [3.8, 4) is 16.9 Å². The molecule has 0 fully saturated rings. The molecule has 1 aromatic carbocycles. The minimum atomic E-state index is -3.75. The SMILES string of the molecule is COc1ccc(-c2ccn(CCC(C)(C(=O)CO)S(C)(=O)=O)c(=O)c2)cc1. The van der Waals surface area contributed by atoms with Crippen molar-refractivity contribution >= 4 is 15.6 Å². The van der Waals surface area contributed by atoms with Crippen molar-refractivity contribution in [1.29, 1.82) is 0 Å². The third kappa shape index (κ3) is 4.45. The van der Waals surface area contributed by atoms with Crippen LogP contribution in [-0.4, -0.2) is 48.6 Å². The molecule has 0 spiro atoms. The van der Waals surface area contributed by atoms with E-state index in [9.17, 15) is 18.0 Å². The molecule has 0 radical (unpaired) electrons. The van der Waals surface area contributed by atoms with Gasteiger partial charge in [-0.2, -0.15) is 0 Å². The van der Waals surface area contributed by atoms with Gasteiger partial charge in [0, 0.05) is 25.1 Å². The molecular weight excluding hydrogens is 370 g/mol. The Bertz CT molecular complexity index is 978. The second-order valence-corrected chi connectivity index (χ2v) is 8.96. The van der Waals surface area contributed by atoms with Gasteiger partial charge in [-0.25, -0.2) is 8.42 Å². The molecule has 1 heterocycles. The maximum atomic E-state index is 12.4. The Morgan fingerprint density at radius 1 is 1.19 bits per heavy atom. The number of hydrogen-bond acceptors (Lipinski definition) is 6. The van der Waals surface area contributed by atoms with Crippen LogP contribution in [0.4, 0.5) is 0 Å². The number of aliphatic hydroxyl groups is 1. The van der Waals surface area contributed by atoms with Crippen molar-refractivity contribution in [3.05, 3.63) is 52.9 Å². The van der Waals surface area contributed by atoms with E-state index in [1.165, 1.54) is 17.6 Å². The summed E-state index contributed by atoms with van der Waals surface area (Å²) in [5.41, 5.74) is 1.25. The molecule has 7 nitrogen and oxygen atoms in total. The highest BCUT2D eigenvalue weighted by atomic mass is 32.2. The van der Waals surface area contributed by atoms with E-state index in [-0.39, 0.29) is 18.5 Å². The summed E-state index contributed by atoms with van der Waals surface area (Å²) in [6.45, 7) is 0.448. The number of aliphatic hydroxyl groups excluding tert-OH is 1. The fraction of sp³-hybridized carbons (Fsp3) is 0.368. The predicted octanol–water partition coefficient (Wildman–Crippen LogP) is 1.28. The number of aromatic nitrogens is 1. The fourth-order valence-corrected chi connectivity index (χ4v) is 3.63. The number of ketones is 1. The van der Waals surface area contributed by atoms with Crippen LogP contribution in [-0.2, 0) is 21.2 Å². The van der Waals surface area contributed by atoms with E-state index in [2.05, 4.69) is 0 Å². The van der Waals surface area contributed by atoms with E-state index < -0.39 is 27.0 Å². The van der Waals surface area contributed by atoms with E-state index in [0.29, 0.717) is 5.75 Å². The number of Topliss-reactive ketones (excluding diaryl/α,β-unsaturated/α-hetero) is 1. The molecule has 146 valence electrons. The Balaban J connectivity index is 2.25. The van der Waals surface area contributed by atoms with Crippen LogP contribution in [0.2, 0.25) is 0 Å². The van der Waals surface area contributed by atoms with Gasteiger partial charge in [-0.1, -0.05) is 12.1 Å². The Hall–Kier alpha value is -2.45. The van der Waals surface area contributed by atoms with E-state index in [4.69, 9.17) is 9.84 Å². The molecule has 0 aliphatic heterocycles. The topological polar surface area (TPSA) is 103 Å². The Morgan fingerprint density at radius 2 is 1.81 bits per heavy atom. The smallest absolute Gasteiger partial charge is 0.251 e. The highest BCUT2D eigenvalue weighted by Crippen LogP contribution is 2.24. The molecule has 8 heteroatoms. The predicted molar refractivity (Wildman–Crippen MR) is 103 cm³/mol. The van der Waals surface area contributed by atoms with Gasteiger partial charge in [0.15, 0.2) is 15.6 Å². The van der Waals surface area contributed by atoms with Crippen LogP contribution >= 0.6 is 0 Å². The third-order valence-electron chi connectivity index (χ3n) is 4.80. The third-order valence-corrected chi connectivity index (χ3v) is 6.87. The van der Waals surface area contributed by atoms with E-state index >= 15 is 0 Å². The summed E-state index contributed by atoms with van der Waals surface area (Å²) in [5, 5.41) is 9.09. The zero-order valence-corrected chi connectivity index (χ0v) is 16.3. The lowest BCUT2D eigenvalue weighted by Gasteiger charge is -2.25. The molecule has 1 atom stereocenters. The molecule has 1 N–H and O–H groups in total. The summed E-state index contributed by atoms with van der Waals surface area (Å²) in [7, 11) is -2.18. The molecule has 0 bridgehead atoms. The standard InChI is InChI=1S/C19H23NO6S/c1-19(17(22)13-21,27(3,24)25)9-11-20-10-8-15(12-18(20)23)14-4-6-16(26-2)7-5-14/h4-8,10,12,21H,9,11,13H2,1-3H3. The van der Waals surface area contributed by atoms with E-state index in [0.717, 1.165) is 17.4 Å². The lowest BCUT2D eigenvalue weighted by Crippen LogP contribution is -2.46. The van der Waals surface area contributed by atoms with Crippen molar-refractivity contribution in [2.24, 2.45) is 0 Å². The first-order valence-corrected chi connectivity index (χ1v) is 10.2. The average molecular weight is 393 g/mol. The number of sulfone groups is 1. The largest absolute Gasteiger partial charge is 0.497 e. The summed E-state index contributed by atoms with van der Waals surface area (Å²) in [4.78, 5) is 24.3. The van der Waals surface area contributed by atoms with Crippen LogP contribution in [0, 0.1) is 0 Å². The van der Waals surface area contributed by atoms with Crippen LogP contribution < -0.4 is 10.3 Å². The number of carbonyl (C=O) groups is 1. The van der Waals surface area contributed by atoms with Gasteiger partial charge in [-0.15, -0.1) is 0 Å². The summed E-state index contributed by atoms with van der Waals surface area (Å²) in [5.74, 6) is -0.0754. The molecule has 0 saturated carbocycles. The number of rotatable bonds is 8. The maximum absolute atomic E-state index is 12.4. The minimum absolute atomic E-state index is 0.0387. The quantitative estimate of drug-likeness (QED) is 0.725. The van der Waals surface area contributed by atoms with E-state index in [1.54, 1.807) is 31.5 Å². The molecule has 27 heavy (non-hydrogen) atoms.